The summed E-state index contributed by atoms with van der Waals surface area (Å²) in [6.45, 7) is 3.87. The second kappa shape index (κ2) is 13.0. The maximum Gasteiger partial charge on any atom is 0.320 e. The number of hydroxylamine groups is 1. The van der Waals surface area contributed by atoms with Crippen LogP contribution in [0.4, 0.5) is 20.6 Å². The lowest BCUT2D eigenvalue weighted by molar-refractivity contribution is -0.132. The van der Waals surface area contributed by atoms with Crippen LogP contribution in [0.25, 0.3) is 5.57 Å². The lowest BCUT2D eigenvalue weighted by Gasteiger charge is -2.45. The molecule has 0 saturated carbocycles. The number of piperazine rings is 1. The maximum atomic E-state index is 15.3. The maximum absolute atomic E-state index is 15.3. The van der Waals surface area contributed by atoms with E-state index >= 15 is 4.39 Å². The lowest BCUT2D eigenvalue weighted by atomic mass is 9.95. The van der Waals surface area contributed by atoms with Gasteiger partial charge in [-0.25, -0.2) is 9.18 Å². The zero-order valence-corrected chi connectivity index (χ0v) is 26.1. The molecule has 47 heavy (non-hydrogen) atoms. The van der Waals surface area contributed by atoms with Crippen LogP contribution >= 0.6 is 0 Å². The number of nitrogens with one attached hydrogen (secondary N) is 2. The summed E-state index contributed by atoms with van der Waals surface area (Å²) in [7, 11) is 0. The normalized spacial score (nSPS) is 20.8. The van der Waals surface area contributed by atoms with Crippen LogP contribution in [0.15, 0.2) is 109 Å². The standard InChI is InChI=1S/C37H36FN6O3/c1-25-10-9-13-27(18-25)39-37(46)40-35-20-32(30-14-5-7-16-33(30)38)31-15-6-8-17-34(31)43(44(35)47)24-36(45)42-23-28-19-29(42)22-41(28)21-26-11-3-2-4-12-26/h2-18,20,28-29,35H,19,21-24H2,1H3,(H2,39,40,46)/q-1. The highest BCUT2D eigenvalue weighted by atomic mass is 19.1. The molecular weight excluding hydrogens is 595 g/mol. The molecule has 3 atom stereocenters. The number of halogens is 1. The zero-order chi connectivity index (χ0) is 32.5. The van der Waals surface area contributed by atoms with Gasteiger partial charge in [-0.15, -0.1) is 0 Å². The third-order valence-corrected chi connectivity index (χ3v) is 9.18. The van der Waals surface area contributed by atoms with Gasteiger partial charge in [0.25, 0.3) is 0 Å². The van der Waals surface area contributed by atoms with Gasteiger partial charge in [-0.2, -0.15) is 0 Å². The smallest absolute Gasteiger partial charge is 0.320 e. The van der Waals surface area contributed by atoms with Crippen molar-refractivity contribution < 1.29 is 14.0 Å². The van der Waals surface area contributed by atoms with E-state index in [-0.39, 0.29) is 30.1 Å². The Bertz CT molecular complexity index is 1820. The second-order valence-electron chi connectivity index (χ2n) is 12.4. The first-order valence-corrected chi connectivity index (χ1v) is 15.9. The predicted octanol–water partition coefficient (Wildman–Crippen LogP) is 5.73. The minimum Gasteiger partial charge on any atom is -0.765 e. The minimum absolute atomic E-state index is 0.0552. The van der Waals surface area contributed by atoms with Crippen molar-refractivity contribution in [2.45, 2.75) is 38.1 Å². The average Bonchev–Trinajstić information content (AvgIpc) is 3.64. The number of anilines is 2. The van der Waals surface area contributed by atoms with Crippen LogP contribution in [0, 0.1) is 17.9 Å². The van der Waals surface area contributed by atoms with Gasteiger partial charge in [0.15, 0.2) is 0 Å². The molecule has 2 fully saturated rings. The molecule has 240 valence electrons. The summed E-state index contributed by atoms with van der Waals surface area (Å²) in [5, 5.41) is 21.8. The molecule has 7 rings (SSSR count). The first-order valence-electron chi connectivity index (χ1n) is 15.9. The Labute approximate surface area is 273 Å². The summed E-state index contributed by atoms with van der Waals surface area (Å²) in [6, 6.07) is 30.7. The van der Waals surface area contributed by atoms with Gasteiger partial charge in [-0.1, -0.05) is 78.9 Å². The van der Waals surface area contributed by atoms with Crippen LogP contribution in [0.3, 0.4) is 0 Å². The largest absolute Gasteiger partial charge is 0.765 e. The highest BCUT2D eigenvalue weighted by Crippen LogP contribution is 2.38. The van der Waals surface area contributed by atoms with E-state index < -0.39 is 18.0 Å². The highest BCUT2D eigenvalue weighted by Gasteiger charge is 2.45. The zero-order valence-electron chi connectivity index (χ0n) is 26.1. The Hall–Kier alpha value is -5.03. The minimum atomic E-state index is -1.26. The van der Waals surface area contributed by atoms with E-state index in [0.29, 0.717) is 34.2 Å². The number of urea groups is 1. The first-order chi connectivity index (χ1) is 22.8. The molecule has 2 bridgehead atoms. The van der Waals surface area contributed by atoms with Crippen molar-refractivity contribution in [2.75, 3.05) is 30.0 Å². The summed E-state index contributed by atoms with van der Waals surface area (Å²) >= 11 is 0. The number of carbonyl (C=O) groups is 2. The van der Waals surface area contributed by atoms with E-state index in [4.69, 9.17) is 0 Å². The molecule has 3 heterocycles. The van der Waals surface area contributed by atoms with Crippen molar-refractivity contribution in [1.82, 2.24) is 20.3 Å². The Morgan fingerprint density at radius 1 is 0.872 bits per heavy atom. The van der Waals surface area contributed by atoms with Crippen LogP contribution in [0.1, 0.15) is 28.7 Å². The molecule has 0 aliphatic carbocycles. The van der Waals surface area contributed by atoms with Crippen molar-refractivity contribution in [3.8, 4) is 0 Å². The molecule has 4 aromatic carbocycles. The Morgan fingerprint density at radius 2 is 1.62 bits per heavy atom. The number of hydrogen-bond donors (Lipinski definition) is 2. The van der Waals surface area contributed by atoms with Gasteiger partial charge in [-0.05, 0) is 60.4 Å². The SMILES string of the molecule is Cc1cccc(NC(=O)NC2C=C(c3ccccc3F)c3ccccc3N(CC(=O)N3CC4CC3CN4Cc3ccccc3)N2[O-])c1. The van der Waals surface area contributed by atoms with Crippen molar-refractivity contribution in [3.05, 3.63) is 142 Å². The van der Waals surface area contributed by atoms with Gasteiger partial charge in [0, 0.05) is 48.5 Å². The third-order valence-electron chi connectivity index (χ3n) is 9.18. The van der Waals surface area contributed by atoms with E-state index in [1.807, 2.05) is 54.3 Å². The first kappa shape index (κ1) is 30.6. The van der Waals surface area contributed by atoms with E-state index in [9.17, 15) is 14.8 Å². The predicted molar refractivity (Wildman–Crippen MR) is 180 cm³/mol. The number of hydrazine groups is 1. The second-order valence-corrected chi connectivity index (χ2v) is 12.4. The highest BCUT2D eigenvalue weighted by molar-refractivity contribution is 5.92. The number of likely N-dealkylation sites (tertiary alicyclic amines) is 2. The molecule has 0 radical (unpaired) electrons. The fourth-order valence-electron chi connectivity index (χ4n) is 6.97. The molecule has 3 amide bonds. The Kier molecular flexibility index (Phi) is 8.46. The van der Waals surface area contributed by atoms with Gasteiger partial charge in [-0.3, -0.25) is 14.9 Å². The van der Waals surface area contributed by atoms with Crippen LogP contribution in [0.2, 0.25) is 0 Å². The Morgan fingerprint density at radius 3 is 2.36 bits per heavy atom. The van der Waals surface area contributed by atoms with E-state index in [1.54, 1.807) is 48.5 Å². The van der Waals surface area contributed by atoms with Crippen LogP contribution in [-0.2, 0) is 11.3 Å². The van der Waals surface area contributed by atoms with Crippen molar-refractivity contribution in [2.24, 2.45) is 0 Å². The fourth-order valence-corrected chi connectivity index (χ4v) is 6.97. The number of carbonyl (C=O) groups excluding carboxylic acids is 2. The number of hydrogen-bond acceptors (Lipinski definition) is 6. The van der Waals surface area contributed by atoms with E-state index in [2.05, 4.69) is 27.7 Å². The number of benzene rings is 4. The summed E-state index contributed by atoms with van der Waals surface area (Å²) < 4.78 is 15.3. The molecule has 0 spiro atoms. The van der Waals surface area contributed by atoms with Crippen LogP contribution < -0.4 is 15.6 Å². The molecule has 0 aromatic heterocycles. The quantitative estimate of drug-likeness (QED) is 0.271. The number of rotatable bonds is 7. The van der Waals surface area contributed by atoms with Crippen LogP contribution in [0.5, 0.6) is 0 Å². The van der Waals surface area contributed by atoms with Crippen molar-refractivity contribution in [1.29, 1.82) is 0 Å². The van der Waals surface area contributed by atoms with Gasteiger partial charge < -0.3 is 25.7 Å². The summed E-state index contributed by atoms with van der Waals surface area (Å²) in [4.78, 5) is 31.5. The number of fused-ring (bicyclic) bond motifs is 3. The number of nitrogens with zero attached hydrogens (tertiary/aromatic N) is 4. The summed E-state index contributed by atoms with van der Waals surface area (Å²) in [5.41, 5.74) is 4.51. The molecule has 3 aliphatic rings. The average molecular weight is 632 g/mol. The van der Waals surface area contributed by atoms with E-state index in [1.165, 1.54) is 16.6 Å². The summed E-state index contributed by atoms with van der Waals surface area (Å²) in [5.74, 6) is -0.642. The van der Waals surface area contributed by atoms with Gasteiger partial charge >= 0.3 is 6.03 Å². The van der Waals surface area contributed by atoms with Crippen LogP contribution in [-0.4, -0.2) is 64.8 Å². The van der Waals surface area contributed by atoms with E-state index in [0.717, 1.165) is 25.1 Å². The molecule has 9 nitrogen and oxygen atoms in total. The molecule has 2 N–H and O–H groups in total. The molecule has 3 unspecified atom stereocenters. The number of aryl methyl sites for hydroxylation is 1. The summed E-state index contributed by atoms with van der Waals surface area (Å²) in [6.07, 6.45) is 1.17. The van der Waals surface area contributed by atoms with Gasteiger partial charge in [0.1, 0.15) is 18.5 Å². The fraction of sp³-hybridized carbons (Fsp3) is 0.243. The monoisotopic (exact) mass is 631 g/mol. The van der Waals surface area contributed by atoms with Gasteiger partial charge in [0.2, 0.25) is 5.91 Å². The number of para-hydroxylation sites is 1. The topological polar surface area (TPSA) is 94.2 Å². The molecule has 2 saturated heterocycles. The Balaban J connectivity index is 1.16. The molecule has 3 aliphatic heterocycles. The molecular formula is C37H36FN6O3-. The van der Waals surface area contributed by atoms with Crippen molar-refractivity contribution in [3.63, 3.8) is 0 Å². The number of amides is 3. The molecule has 10 heteroatoms. The van der Waals surface area contributed by atoms with Gasteiger partial charge in [0.05, 0.1) is 5.69 Å². The van der Waals surface area contributed by atoms with Crippen molar-refractivity contribution >= 4 is 28.9 Å². The third kappa shape index (κ3) is 6.35. The lowest BCUT2D eigenvalue weighted by Crippen LogP contribution is -2.57. The molecule has 4 aromatic rings.